The molecule has 52 valence electrons. The monoisotopic (exact) mass is 132 g/mol. The summed E-state index contributed by atoms with van der Waals surface area (Å²) in [7, 11) is 0. The molecular weight excluding hydrogens is 120 g/mol. The third kappa shape index (κ3) is 2.08. The number of allylic oxidation sites excluding steroid dienone is 5. The lowest BCUT2D eigenvalue weighted by atomic mass is 10.1. The Balaban J connectivity index is 2.87. The molecule has 0 aromatic rings. The van der Waals surface area contributed by atoms with E-state index in [-0.39, 0.29) is 0 Å². The van der Waals surface area contributed by atoms with Crippen LogP contribution in [0.2, 0.25) is 0 Å². The van der Waals surface area contributed by atoms with Crippen molar-refractivity contribution in [3.63, 3.8) is 0 Å². The molecule has 0 aliphatic heterocycles. The number of rotatable bonds is 0. The molecule has 0 heterocycles. The maximum atomic E-state index is 3.17. The highest BCUT2D eigenvalue weighted by Gasteiger charge is 1.84. The van der Waals surface area contributed by atoms with Gasteiger partial charge in [-0.3, -0.25) is 0 Å². The molecule has 0 aromatic carbocycles. The maximum Gasteiger partial charge on any atom is -0.00871 e. The van der Waals surface area contributed by atoms with Crippen LogP contribution in [0, 0.1) is 0 Å². The van der Waals surface area contributed by atoms with Crippen LogP contribution in [0.1, 0.15) is 20.3 Å². The van der Waals surface area contributed by atoms with E-state index in [0.29, 0.717) is 0 Å². The van der Waals surface area contributed by atoms with E-state index in [1.165, 1.54) is 11.1 Å². The first-order valence-corrected chi connectivity index (χ1v) is 3.55. The van der Waals surface area contributed by atoms with E-state index in [0.717, 1.165) is 6.42 Å². The van der Waals surface area contributed by atoms with E-state index < -0.39 is 0 Å². The first kappa shape index (κ1) is 7.11. The molecule has 0 aromatic heterocycles. The Bertz CT molecular complexity index is 233. The van der Waals surface area contributed by atoms with Crippen LogP contribution in [0.5, 0.6) is 0 Å². The zero-order valence-corrected chi connectivity index (χ0v) is 6.52. The smallest absolute Gasteiger partial charge is 0.00871 e. The van der Waals surface area contributed by atoms with Gasteiger partial charge in [-0.25, -0.2) is 0 Å². The van der Waals surface area contributed by atoms with Crippen LogP contribution < -0.4 is 0 Å². The Morgan fingerprint density at radius 2 is 2.10 bits per heavy atom. The highest BCUT2D eigenvalue weighted by atomic mass is 13.9. The van der Waals surface area contributed by atoms with Crippen molar-refractivity contribution in [3.8, 4) is 0 Å². The van der Waals surface area contributed by atoms with E-state index in [4.69, 9.17) is 0 Å². The summed E-state index contributed by atoms with van der Waals surface area (Å²) in [4.78, 5) is 0. The molecule has 0 amide bonds. The molecule has 0 spiro atoms. The first-order chi connectivity index (χ1) is 4.79. The van der Waals surface area contributed by atoms with Crippen molar-refractivity contribution in [2.24, 2.45) is 0 Å². The van der Waals surface area contributed by atoms with Crippen LogP contribution in [0.3, 0.4) is 0 Å². The maximum absolute atomic E-state index is 3.17. The normalized spacial score (nSPS) is 17.4. The minimum atomic E-state index is 1.01. The molecule has 1 rings (SSSR count). The molecule has 0 saturated carbocycles. The zero-order valence-electron chi connectivity index (χ0n) is 6.52. The second-order valence-corrected chi connectivity index (χ2v) is 2.55. The topological polar surface area (TPSA) is 0 Å². The molecule has 0 unspecified atom stereocenters. The molecular formula is C10H12. The summed E-state index contributed by atoms with van der Waals surface area (Å²) in [5.41, 5.74) is 5.70. The van der Waals surface area contributed by atoms with Crippen molar-refractivity contribution in [3.05, 3.63) is 41.2 Å². The Hall–Kier alpha value is -1.00. The van der Waals surface area contributed by atoms with E-state index >= 15 is 0 Å². The van der Waals surface area contributed by atoms with E-state index in [1.54, 1.807) is 0 Å². The predicted molar refractivity (Wildman–Crippen MR) is 44.8 cm³/mol. The Labute approximate surface area is 62.3 Å². The van der Waals surface area contributed by atoms with E-state index in [9.17, 15) is 0 Å². The fourth-order valence-electron chi connectivity index (χ4n) is 0.837. The van der Waals surface area contributed by atoms with Gasteiger partial charge in [0.05, 0.1) is 0 Å². The van der Waals surface area contributed by atoms with Crippen LogP contribution in [-0.2, 0) is 0 Å². The summed E-state index contributed by atoms with van der Waals surface area (Å²) in [6, 6.07) is 0. The lowest BCUT2D eigenvalue weighted by Crippen LogP contribution is -1.73. The molecule has 10 heavy (non-hydrogen) atoms. The number of hydrogen-bond donors (Lipinski definition) is 0. The summed E-state index contributed by atoms with van der Waals surface area (Å²) in [5, 5.41) is 0. The average Bonchev–Trinajstić information content (AvgIpc) is 1.90. The van der Waals surface area contributed by atoms with Gasteiger partial charge in [0.2, 0.25) is 0 Å². The lowest BCUT2D eigenvalue weighted by molar-refractivity contribution is 1.31. The molecule has 0 N–H and O–H groups in total. The third-order valence-corrected chi connectivity index (χ3v) is 1.48. The van der Waals surface area contributed by atoms with Crippen molar-refractivity contribution < 1.29 is 0 Å². The van der Waals surface area contributed by atoms with E-state index in [2.05, 4.69) is 43.9 Å². The van der Waals surface area contributed by atoms with Gasteiger partial charge in [0.15, 0.2) is 0 Å². The summed E-state index contributed by atoms with van der Waals surface area (Å²) >= 11 is 0. The van der Waals surface area contributed by atoms with Gasteiger partial charge in [0.1, 0.15) is 0 Å². The van der Waals surface area contributed by atoms with E-state index in [1.807, 2.05) is 0 Å². The molecule has 1 aliphatic rings. The van der Waals surface area contributed by atoms with Crippen LogP contribution in [0.25, 0.3) is 0 Å². The van der Waals surface area contributed by atoms with Crippen LogP contribution in [0.4, 0.5) is 0 Å². The first-order valence-electron chi connectivity index (χ1n) is 3.55. The predicted octanol–water partition coefficient (Wildman–Crippen LogP) is 2.99. The van der Waals surface area contributed by atoms with Gasteiger partial charge < -0.3 is 0 Å². The Kier molecular flexibility index (Phi) is 2.30. The van der Waals surface area contributed by atoms with Crippen molar-refractivity contribution in [1.29, 1.82) is 0 Å². The molecule has 0 fully saturated rings. The average molecular weight is 132 g/mol. The minimum absolute atomic E-state index is 1.01. The van der Waals surface area contributed by atoms with Crippen molar-refractivity contribution in [2.45, 2.75) is 20.3 Å². The summed E-state index contributed by atoms with van der Waals surface area (Å²) in [6.07, 6.45) is 9.46. The lowest BCUT2D eigenvalue weighted by Gasteiger charge is -1.93. The molecule has 0 nitrogen and oxygen atoms in total. The van der Waals surface area contributed by atoms with Crippen molar-refractivity contribution >= 4 is 0 Å². The van der Waals surface area contributed by atoms with Gasteiger partial charge in [-0.15, -0.1) is 5.73 Å². The largest absolute Gasteiger partial charge is 0.122 e. The summed E-state index contributed by atoms with van der Waals surface area (Å²) < 4.78 is 0. The molecule has 0 heteroatoms. The Morgan fingerprint density at radius 1 is 1.30 bits per heavy atom. The van der Waals surface area contributed by atoms with Crippen molar-refractivity contribution in [2.75, 3.05) is 0 Å². The van der Waals surface area contributed by atoms with Gasteiger partial charge in [0, 0.05) is 0 Å². The van der Waals surface area contributed by atoms with Crippen LogP contribution >= 0.6 is 0 Å². The molecule has 0 atom stereocenters. The van der Waals surface area contributed by atoms with Gasteiger partial charge in [-0.1, -0.05) is 23.8 Å². The second kappa shape index (κ2) is 3.24. The van der Waals surface area contributed by atoms with Gasteiger partial charge in [-0.2, -0.15) is 0 Å². The van der Waals surface area contributed by atoms with Crippen molar-refractivity contribution in [1.82, 2.24) is 0 Å². The van der Waals surface area contributed by atoms with Crippen LogP contribution in [0.15, 0.2) is 41.2 Å². The molecule has 0 radical (unpaired) electrons. The third-order valence-electron chi connectivity index (χ3n) is 1.48. The van der Waals surface area contributed by atoms with Crippen LogP contribution in [-0.4, -0.2) is 0 Å². The highest BCUT2D eigenvalue weighted by Crippen LogP contribution is 2.04. The zero-order chi connectivity index (χ0) is 7.40. The highest BCUT2D eigenvalue weighted by molar-refractivity contribution is 5.27. The standard InChI is InChI=1S/C10H12/c1-9-5-3-4-6-10(2)8-7-9/h3,6-8H,4H2,1-2H3. The minimum Gasteiger partial charge on any atom is -0.122 e. The summed E-state index contributed by atoms with van der Waals surface area (Å²) in [6.45, 7) is 4.18. The second-order valence-electron chi connectivity index (χ2n) is 2.55. The fourth-order valence-corrected chi connectivity index (χ4v) is 0.837. The van der Waals surface area contributed by atoms with Gasteiger partial charge in [0.25, 0.3) is 0 Å². The fraction of sp³-hybridized carbons (Fsp3) is 0.300. The van der Waals surface area contributed by atoms with Gasteiger partial charge in [-0.05, 0) is 31.9 Å². The quantitative estimate of drug-likeness (QED) is 0.444. The summed E-state index contributed by atoms with van der Waals surface area (Å²) in [5.74, 6) is 0. The molecule has 0 saturated heterocycles. The van der Waals surface area contributed by atoms with Gasteiger partial charge >= 0.3 is 0 Å². The Morgan fingerprint density at radius 3 is 2.90 bits per heavy atom. The SMILES string of the molecule is CC1=C=CCC=C(C)C=C1. The molecule has 0 bridgehead atoms. The number of hydrogen-bond acceptors (Lipinski definition) is 0. The molecule has 1 aliphatic carbocycles.